The van der Waals surface area contributed by atoms with E-state index in [0.717, 1.165) is 17.8 Å². The fourth-order valence-corrected chi connectivity index (χ4v) is 1.88. The number of hydrazone groups is 1. The predicted molar refractivity (Wildman–Crippen MR) is 87.2 cm³/mol. The van der Waals surface area contributed by atoms with Crippen molar-refractivity contribution in [2.24, 2.45) is 5.10 Å². The number of nitro benzene ring substituents is 1. The first-order valence-corrected chi connectivity index (χ1v) is 6.95. The molecule has 0 radical (unpaired) electrons. The van der Waals surface area contributed by atoms with Crippen LogP contribution in [0, 0.1) is 17.0 Å². The Bertz CT molecular complexity index is 789. The minimum Gasteiger partial charge on any atom is -0.508 e. The molecule has 0 aliphatic heterocycles. The van der Waals surface area contributed by atoms with E-state index < -0.39 is 10.8 Å². The molecular formula is C16H15N3O5. The van der Waals surface area contributed by atoms with Gasteiger partial charge in [-0.15, -0.1) is 0 Å². The lowest BCUT2D eigenvalue weighted by atomic mass is 10.2. The van der Waals surface area contributed by atoms with E-state index in [2.05, 4.69) is 10.5 Å². The number of hydrogen-bond acceptors (Lipinski definition) is 6. The van der Waals surface area contributed by atoms with E-state index >= 15 is 0 Å². The molecule has 0 atom stereocenters. The first kappa shape index (κ1) is 16.9. The van der Waals surface area contributed by atoms with E-state index in [0.29, 0.717) is 5.75 Å². The van der Waals surface area contributed by atoms with Crippen LogP contribution in [0.1, 0.15) is 11.1 Å². The zero-order chi connectivity index (χ0) is 17.5. The number of amides is 1. The van der Waals surface area contributed by atoms with Gasteiger partial charge in [-0.05, 0) is 30.7 Å². The number of nitro groups is 1. The van der Waals surface area contributed by atoms with Gasteiger partial charge in [-0.25, -0.2) is 5.43 Å². The topological polar surface area (TPSA) is 114 Å². The number of benzene rings is 2. The van der Waals surface area contributed by atoms with Gasteiger partial charge < -0.3 is 9.84 Å². The van der Waals surface area contributed by atoms with Gasteiger partial charge in [0.15, 0.2) is 6.61 Å². The summed E-state index contributed by atoms with van der Waals surface area (Å²) in [5.41, 5.74) is 2.94. The quantitative estimate of drug-likeness (QED) is 0.479. The van der Waals surface area contributed by atoms with E-state index in [1.807, 2.05) is 19.1 Å². The second-order valence-corrected chi connectivity index (χ2v) is 4.85. The highest BCUT2D eigenvalue weighted by Gasteiger charge is 2.12. The molecule has 2 N–H and O–H groups in total. The van der Waals surface area contributed by atoms with Crippen LogP contribution < -0.4 is 10.2 Å². The van der Waals surface area contributed by atoms with Crippen molar-refractivity contribution >= 4 is 17.8 Å². The zero-order valence-electron chi connectivity index (χ0n) is 12.8. The van der Waals surface area contributed by atoms with Crippen LogP contribution in [0.3, 0.4) is 0 Å². The molecule has 0 saturated carbocycles. The van der Waals surface area contributed by atoms with Crippen LogP contribution in [0.5, 0.6) is 11.5 Å². The van der Waals surface area contributed by atoms with E-state index in [1.165, 1.54) is 12.1 Å². The fourth-order valence-electron chi connectivity index (χ4n) is 1.88. The molecule has 124 valence electrons. The Kier molecular flexibility index (Phi) is 5.45. The minimum absolute atomic E-state index is 0.0696. The van der Waals surface area contributed by atoms with Gasteiger partial charge >= 0.3 is 0 Å². The summed E-state index contributed by atoms with van der Waals surface area (Å²) in [6.07, 6.45) is 1.09. The fraction of sp³-hybridized carbons (Fsp3) is 0.125. The van der Waals surface area contributed by atoms with Crippen molar-refractivity contribution in [1.29, 1.82) is 0 Å². The molecule has 0 spiro atoms. The molecule has 2 aromatic carbocycles. The number of phenolic OH excluding ortho intramolecular Hbond substituents is 1. The number of para-hydroxylation sites is 1. The largest absolute Gasteiger partial charge is 0.508 e. The SMILES string of the molecule is Cc1ccccc1OCC(=O)N/N=C/c1cc(O)ccc1[N+](=O)[O-]. The number of carbonyl (C=O) groups excluding carboxylic acids is 1. The molecule has 2 aromatic rings. The monoisotopic (exact) mass is 329 g/mol. The lowest BCUT2D eigenvalue weighted by molar-refractivity contribution is -0.385. The first-order valence-electron chi connectivity index (χ1n) is 6.95. The summed E-state index contributed by atoms with van der Waals surface area (Å²) < 4.78 is 5.35. The van der Waals surface area contributed by atoms with Crippen molar-refractivity contribution < 1.29 is 19.6 Å². The molecule has 0 aromatic heterocycles. The maximum absolute atomic E-state index is 11.7. The van der Waals surface area contributed by atoms with E-state index in [-0.39, 0.29) is 23.6 Å². The molecule has 2 rings (SSSR count). The molecule has 0 aliphatic carbocycles. The lowest BCUT2D eigenvalue weighted by Crippen LogP contribution is -2.24. The highest BCUT2D eigenvalue weighted by molar-refractivity contribution is 5.87. The maximum Gasteiger partial charge on any atom is 0.278 e. The summed E-state index contributed by atoms with van der Waals surface area (Å²) >= 11 is 0. The summed E-state index contributed by atoms with van der Waals surface area (Å²) in [5.74, 6) is -0.0752. The highest BCUT2D eigenvalue weighted by Crippen LogP contribution is 2.21. The normalized spacial score (nSPS) is 10.5. The minimum atomic E-state index is -0.607. The maximum atomic E-state index is 11.7. The van der Waals surface area contributed by atoms with Crippen molar-refractivity contribution in [3.63, 3.8) is 0 Å². The number of hydrogen-bond donors (Lipinski definition) is 2. The van der Waals surface area contributed by atoms with Crippen molar-refractivity contribution in [3.8, 4) is 11.5 Å². The molecule has 0 bridgehead atoms. The van der Waals surface area contributed by atoms with Crippen LogP contribution in [-0.4, -0.2) is 28.8 Å². The van der Waals surface area contributed by atoms with E-state index in [4.69, 9.17) is 4.74 Å². The first-order chi connectivity index (χ1) is 11.5. The van der Waals surface area contributed by atoms with Crippen LogP contribution in [0.25, 0.3) is 0 Å². The van der Waals surface area contributed by atoms with Crippen LogP contribution in [-0.2, 0) is 4.79 Å². The Labute approximate surface area is 137 Å². The van der Waals surface area contributed by atoms with Gasteiger partial charge in [0.1, 0.15) is 11.5 Å². The van der Waals surface area contributed by atoms with Gasteiger partial charge in [-0.1, -0.05) is 18.2 Å². The van der Waals surface area contributed by atoms with Gasteiger partial charge in [-0.2, -0.15) is 5.10 Å². The molecule has 0 heterocycles. The molecule has 0 fully saturated rings. The number of nitrogens with zero attached hydrogens (tertiary/aromatic N) is 2. The van der Waals surface area contributed by atoms with Gasteiger partial charge in [0.05, 0.1) is 16.7 Å². The van der Waals surface area contributed by atoms with E-state index in [1.54, 1.807) is 12.1 Å². The number of aryl methyl sites for hydroxylation is 1. The second-order valence-electron chi connectivity index (χ2n) is 4.85. The Morgan fingerprint density at radius 1 is 1.38 bits per heavy atom. The third-order valence-electron chi connectivity index (χ3n) is 3.05. The number of ether oxygens (including phenoxy) is 1. The molecule has 0 unspecified atom stereocenters. The van der Waals surface area contributed by atoms with Crippen molar-refractivity contribution in [1.82, 2.24) is 5.43 Å². The molecule has 0 aliphatic rings. The molecule has 8 nitrogen and oxygen atoms in total. The van der Waals surface area contributed by atoms with Crippen molar-refractivity contribution in [2.75, 3.05) is 6.61 Å². The second kappa shape index (κ2) is 7.73. The zero-order valence-corrected chi connectivity index (χ0v) is 12.8. The van der Waals surface area contributed by atoms with Crippen molar-refractivity contribution in [3.05, 3.63) is 63.7 Å². The van der Waals surface area contributed by atoms with Gasteiger partial charge in [0.2, 0.25) is 0 Å². The lowest BCUT2D eigenvalue weighted by Gasteiger charge is -2.07. The smallest absolute Gasteiger partial charge is 0.278 e. The Morgan fingerprint density at radius 2 is 2.12 bits per heavy atom. The average molecular weight is 329 g/mol. The third kappa shape index (κ3) is 4.54. The molecule has 24 heavy (non-hydrogen) atoms. The molecule has 0 saturated heterocycles. The summed E-state index contributed by atoms with van der Waals surface area (Å²) in [7, 11) is 0. The number of aromatic hydroxyl groups is 1. The number of carbonyl (C=O) groups is 1. The van der Waals surface area contributed by atoms with Crippen LogP contribution in [0.15, 0.2) is 47.6 Å². The average Bonchev–Trinajstić information content (AvgIpc) is 2.54. The Hall–Kier alpha value is -3.42. The van der Waals surface area contributed by atoms with Crippen molar-refractivity contribution in [2.45, 2.75) is 6.92 Å². The number of rotatable bonds is 6. The van der Waals surface area contributed by atoms with Gasteiger partial charge in [0.25, 0.3) is 11.6 Å². The van der Waals surface area contributed by atoms with Crippen LogP contribution >= 0.6 is 0 Å². The Balaban J connectivity index is 1.94. The number of nitrogens with one attached hydrogen (secondary N) is 1. The standard InChI is InChI=1S/C16H15N3O5/c1-11-4-2-3-5-15(11)24-10-16(21)18-17-9-12-8-13(20)6-7-14(12)19(22)23/h2-9,20H,10H2,1H3,(H,18,21)/b17-9+. The molecule has 1 amide bonds. The third-order valence-corrected chi connectivity index (χ3v) is 3.05. The highest BCUT2D eigenvalue weighted by atomic mass is 16.6. The van der Waals surface area contributed by atoms with Crippen LogP contribution in [0.2, 0.25) is 0 Å². The molecule has 8 heteroatoms. The molecular weight excluding hydrogens is 314 g/mol. The Morgan fingerprint density at radius 3 is 2.83 bits per heavy atom. The summed E-state index contributed by atoms with van der Waals surface area (Å²) in [4.78, 5) is 21.9. The number of phenols is 1. The van der Waals surface area contributed by atoms with E-state index in [9.17, 15) is 20.0 Å². The predicted octanol–water partition coefficient (Wildman–Crippen LogP) is 2.14. The van der Waals surface area contributed by atoms with Crippen LogP contribution in [0.4, 0.5) is 5.69 Å². The van der Waals surface area contributed by atoms with Gasteiger partial charge in [0, 0.05) is 6.07 Å². The summed E-state index contributed by atoms with van der Waals surface area (Å²) in [6, 6.07) is 10.8. The summed E-state index contributed by atoms with van der Waals surface area (Å²) in [6.45, 7) is 1.61. The van der Waals surface area contributed by atoms with Gasteiger partial charge in [-0.3, -0.25) is 14.9 Å². The summed E-state index contributed by atoms with van der Waals surface area (Å²) in [5, 5.41) is 23.9.